The van der Waals surface area contributed by atoms with E-state index in [1.807, 2.05) is 57.6 Å². The first-order valence-corrected chi connectivity index (χ1v) is 15.4. The minimum Gasteiger partial charge on any atom is -0.753 e. The van der Waals surface area contributed by atoms with Crippen LogP contribution in [0.3, 0.4) is 0 Å². The molecule has 5 aromatic heterocycles. The molecule has 12 heteroatoms. The smallest absolute Gasteiger partial charge is 0.753 e. The van der Waals surface area contributed by atoms with Crippen molar-refractivity contribution in [2.75, 3.05) is 0 Å². The number of isothiocyanates is 1. The van der Waals surface area contributed by atoms with Crippen molar-refractivity contribution >= 4 is 96.6 Å². The molecule has 1 N–H and O–H groups in total. The third kappa shape index (κ3) is 9.71. The summed E-state index contributed by atoms with van der Waals surface area (Å²) < 4.78 is 4.61. The number of thiocarbonyl (C=S) groups is 1. The van der Waals surface area contributed by atoms with Gasteiger partial charge in [-0.2, -0.15) is 10.3 Å². The fourth-order valence-electron chi connectivity index (χ4n) is 2.70. The van der Waals surface area contributed by atoms with Gasteiger partial charge in [-0.05, 0) is 76.1 Å². The number of hydrogen-bond acceptors (Lipinski definition) is 8. The standard InChI is InChI=1S/C12H9PS3.C11H9N3OS.CNS.Cu/c1-4-10(14-7-1)13(11-5-2-8-15-11)12-6-3-9-16-12;15-11(10-5-3-7-16-10)14-13-8-9-4-1-2-6-12-9;2-1-3;/h1-9H;1-8H,(H,14,15);;/q;;-1;+1/p+1/b;13-8+;;. The Labute approximate surface area is 242 Å². The Hall–Kier alpha value is -2.16. The maximum absolute atomic E-state index is 11.5. The first kappa shape index (κ1) is 30.1. The van der Waals surface area contributed by atoms with Crippen LogP contribution in [0.15, 0.2) is 99.5 Å². The molecule has 0 aliphatic rings. The van der Waals surface area contributed by atoms with Gasteiger partial charge in [-0.1, -0.05) is 24.4 Å². The molecule has 1 amide bonds. The van der Waals surface area contributed by atoms with E-state index >= 15 is 0 Å². The average molecular weight is 634 g/mol. The number of aromatic nitrogens is 1. The first-order valence-electron chi connectivity index (χ1n) is 10.0. The molecule has 0 unspecified atom stereocenters. The minimum absolute atomic E-state index is 0. The third-order valence-corrected chi connectivity index (χ3v) is 11.9. The van der Waals surface area contributed by atoms with Gasteiger partial charge in [-0.3, -0.25) is 9.78 Å². The largest absolute Gasteiger partial charge is 1.00 e. The summed E-state index contributed by atoms with van der Waals surface area (Å²) in [5.74, 6) is -0.206. The molecule has 0 aromatic carbocycles. The number of hydrazone groups is 1. The van der Waals surface area contributed by atoms with Gasteiger partial charge < -0.3 is 5.41 Å². The minimum atomic E-state index is -0.693. The second kappa shape index (κ2) is 17.3. The second-order valence-corrected chi connectivity index (χ2v) is 13.8. The quantitative estimate of drug-likeness (QED) is 0.0829. The molecule has 0 aliphatic carbocycles. The van der Waals surface area contributed by atoms with Gasteiger partial charge in [0.15, 0.2) is 13.9 Å². The van der Waals surface area contributed by atoms with Crippen LogP contribution in [0.4, 0.5) is 0 Å². The maximum Gasteiger partial charge on any atom is 1.00 e. The Morgan fingerprint density at radius 2 is 1.42 bits per heavy atom. The molecule has 36 heavy (non-hydrogen) atoms. The Kier molecular flexibility index (Phi) is 14.5. The zero-order valence-electron chi connectivity index (χ0n) is 18.4. The van der Waals surface area contributed by atoms with Crippen molar-refractivity contribution in [1.29, 1.82) is 0 Å². The molecule has 0 bridgehead atoms. The Morgan fingerprint density at radius 1 is 0.889 bits per heavy atom. The van der Waals surface area contributed by atoms with Crippen LogP contribution in [0.25, 0.3) is 5.41 Å². The monoisotopic (exact) mass is 633 g/mol. The van der Waals surface area contributed by atoms with E-state index in [1.165, 1.54) is 36.6 Å². The number of rotatable bonds is 6. The first-order chi connectivity index (χ1) is 17.2. The molecule has 0 saturated carbocycles. The van der Waals surface area contributed by atoms with Crippen LogP contribution >= 0.6 is 65.5 Å². The van der Waals surface area contributed by atoms with Crippen LogP contribution < -0.4 is 19.3 Å². The third-order valence-electron chi connectivity index (χ3n) is 4.10. The molecule has 0 radical (unpaired) electrons. The summed E-state index contributed by atoms with van der Waals surface area (Å²) in [6.07, 6.45) is 3.17. The Morgan fingerprint density at radius 3 is 1.83 bits per heavy atom. The van der Waals surface area contributed by atoms with Crippen molar-refractivity contribution in [2.45, 2.75) is 0 Å². The summed E-state index contributed by atoms with van der Waals surface area (Å²) in [4.78, 5) is 16.1. The number of hydrogen-bond donors (Lipinski definition) is 1. The van der Waals surface area contributed by atoms with Gasteiger partial charge >= 0.3 is 17.1 Å². The number of nitrogens with one attached hydrogen (secondary N) is 1. The average Bonchev–Trinajstić information content (AvgIpc) is 3.70. The molecule has 5 nitrogen and oxygen atoms in total. The molecule has 5 rings (SSSR count). The molecule has 0 spiro atoms. The van der Waals surface area contributed by atoms with E-state index in [-0.39, 0.29) is 23.0 Å². The molecular formula is C24H19CuN4OPS5+. The molecule has 5 aromatic rings. The van der Waals surface area contributed by atoms with Crippen LogP contribution in [0.5, 0.6) is 0 Å². The van der Waals surface area contributed by atoms with Gasteiger partial charge in [0.1, 0.15) is 7.92 Å². The summed E-state index contributed by atoms with van der Waals surface area (Å²) in [6.45, 7) is 0. The van der Waals surface area contributed by atoms with Gasteiger partial charge in [0.25, 0.3) is 5.91 Å². The molecule has 0 atom stereocenters. The van der Waals surface area contributed by atoms with Gasteiger partial charge in [0, 0.05) is 6.20 Å². The Balaban J connectivity index is 0.000000223. The second-order valence-electron chi connectivity index (χ2n) is 6.33. The number of nitrogens with zero attached hydrogens (tertiary/aromatic N) is 3. The zero-order chi connectivity index (χ0) is 24.7. The fourth-order valence-corrected chi connectivity index (χ4v) is 10.8. The van der Waals surface area contributed by atoms with Crippen molar-refractivity contribution < 1.29 is 21.9 Å². The molecule has 186 valence electrons. The van der Waals surface area contributed by atoms with E-state index in [9.17, 15) is 4.79 Å². The number of thiophene rings is 4. The summed E-state index contributed by atoms with van der Waals surface area (Å²) in [7, 11) is -0.693. The van der Waals surface area contributed by atoms with Crippen molar-refractivity contribution in [3.8, 4) is 0 Å². The normalized spacial score (nSPS) is 9.81. The fraction of sp³-hybridized carbons (Fsp3) is 0. The molecule has 0 fully saturated rings. The van der Waals surface area contributed by atoms with Crippen molar-refractivity contribution in [3.05, 3.63) is 110 Å². The number of carbonyl (C=O) groups is 1. The number of carbonyl (C=O) groups excluding carboxylic acids is 1. The summed E-state index contributed by atoms with van der Waals surface area (Å²) in [6, 6.07) is 22.4. The van der Waals surface area contributed by atoms with Crippen LogP contribution in [-0.2, 0) is 17.1 Å². The van der Waals surface area contributed by atoms with Gasteiger partial charge in [-0.25, -0.2) is 5.43 Å². The maximum atomic E-state index is 11.5. The van der Waals surface area contributed by atoms with Gasteiger partial charge in [0.05, 0.1) is 16.8 Å². The molecule has 0 saturated heterocycles. The van der Waals surface area contributed by atoms with Gasteiger partial charge in [-0.15, -0.1) is 45.3 Å². The van der Waals surface area contributed by atoms with Crippen molar-refractivity contribution in [2.24, 2.45) is 5.10 Å². The van der Waals surface area contributed by atoms with Crippen LogP contribution in [0.2, 0.25) is 0 Å². The van der Waals surface area contributed by atoms with E-state index < -0.39 is 7.92 Å². The SMILES string of the molecule is O=C(N/N=C/c1ccccn1)c1cccs1.[Cu+].[N-]=C=S.c1csc([PH+](c2cccs2)c2cccs2)c1. The topological polar surface area (TPSA) is 76.7 Å². The van der Waals surface area contributed by atoms with E-state index in [2.05, 4.69) is 80.3 Å². The van der Waals surface area contributed by atoms with Crippen LogP contribution in [0, 0.1) is 0 Å². The van der Waals surface area contributed by atoms with Crippen molar-refractivity contribution in [1.82, 2.24) is 10.4 Å². The van der Waals surface area contributed by atoms with Gasteiger partial charge in [0.2, 0.25) is 0 Å². The number of amides is 1. The molecule has 5 heterocycles. The molecule has 0 aliphatic heterocycles. The number of pyridine rings is 1. The van der Waals surface area contributed by atoms with Crippen LogP contribution in [-0.4, -0.2) is 22.3 Å². The van der Waals surface area contributed by atoms with E-state index in [0.717, 1.165) is 0 Å². The van der Waals surface area contributed by atoms with Crippen LogP contribution in [0.1, 0.15) is 15.4 Å². The van der Waals surface area contributed by atoms with E-state index in [0.29, 0.717) is 10.6 Å². The van der Waals surface area contributed by atoms with E-state index in [1.54, 1.807) is 18.3 Å². The predicted molar refractivity (Wildman–Crippen MR) is 160 cm³/mol. The summed E-state index contributed by atoms with van der Waals surface area (Å²) >= 11 is 10.7. The zero-order valence-corrected chi connectivity index (χ0v) is 24.4. The Bertz CT molecular complexity index is 1220. The predicted octanol–water partition coefficient (Wildman–Crippen LogP) is 5.92. The van der Waals surface area contributed by atoms with Crippen molar-refractivity contribution in [3.63, 3.8) is 0 Å². The summed E-state index contributed by atoms with van der Waals surface area (Å²) in [5, 5.41) is 20.7. The summed E-state index contributed by atoms with van der Waals surface area (Å²) in [5.41, 5.74) is 3.14. The molecular weight excluding hydrogens is 615 g/mol. The van der Waals surface area contributed by atoms with E-state index in [4.69, 9.17) is 5.41 Å².